The van der Waals surface area contributed by atoms with Gasteiger partial charge in [0.1, 0.15) is 5.25 Å². The number of methoxy groups -OCH3 is 1. The predicted molar refractivity (Wildman–Crippen MR) is 77.8 cm³/mol. The van der Waals surface area contributed by atoms with Crippen LogP contribution >= 0.6 is 11.8 Å². The molecule has 3 aromatic rings. The molecule has 5 nitrogen and oxygen atoms in total. The minimum atomic E-state index is -0.327. The quantitative estimate of drug-likeness (QED) is 0.547. The summed E-state index contributed by atoms with van der Waals surface area (Å²) in [7, 11) is 1.39. The van der Waals surface area contributed by atoms with E-state index in [1.165, 1.54) is 18.9 Å². The van der Waals surface area contributed by atoms with Gasteiger partial charge in [-0.25, -0.2) is 0 Å². The number of para-hydroxylation sites is 1. The number of carbonyl (C=O) groups excluding carboxylic acids is 1. The lowest BCUT2D eigenvalue weighted by molar-refractivity contribution is -0.139. The van der Waals surface area contributed by atoms with Crippen LogP contribution in [0.4, 0.5) is 0 Å². The summed E-state index contributed by atoms with van der Waals surface area (Å²) in [6.07, 6.45) is 0. The first-order valence-electron chi connectivity index (χ1n) is 6.18. The third kappa shape index (κ3) is 2.12. The highest BCUT2D eigenvalue weighted by Gasteiger charge is 2.19. The molecule has 0 aliphatic carbocycles. The van der Waals surface area contributed by atoms with Gasteiger partial charge in [0, 0.05) is 0 Å². The van der Waals surface area contributed by atoms with E-state index in [9.17, 15) is 4.79 Å². The maximum Gasteiger partial charge on any atom is 0.318 e. The molecule has 0 fully saturated rings. The molecule has 0 saturated heterocycles. The van der Waals surface area contributed by atoms with Crippen LogP contribution in [0.5, 0.6) is 0 Å². The van der Waals surface area contributed by atoms with Gasteiger partial charge in [0.05, 0.1) is 12.6 Å². The van der Waals surface area contributed by atoms with Crippen LogP contribution in [0.3, 0.4) is 0 Å². The minimum Gasteiger partial charge on any atom is -0.468 e. The third-order valence-electron chi connectivity index (χ3n) is 3.06. The van der Waals surface area contributed by atoms with Crippen molar-refractivity contribution in [3.63, 3.8) is 0 Å². The average molecular weight is 287 g/mol. The molecule has 20 heavy (non-hydrogen) atoms. The molecule has 102 valence electrons. The monoisotopic (exact) mass is 287 g/mol. The second-order valence-corrected chi connectivity index (χ2v) is 5.66. The molecule has 0 saturated carbocycles. The molecule has 1 unspecified atom stereocenters. The summed E-state index contributed by atoms with van der Waals surface area (Å²) >= 11 is 1.34. The van der Waals surface area contributed by atoms with Crippen LogP contribution in [0.2, 0.25) is 0 Å². The van der Waals surface area contributed by atoms with E-state index in [0.29, 0.717) is 5.16 Å². The Morgan fingerprint density at radius 1 is 1.25 bits per heavy atom. The number of pyridine rings is 1. The molecule has 0 bridgehead atoms. The van der Waals surface area contributed by atoms with Gasteiger partial charge in [0.2, 0.25) is 0 Å². The molecule has 1 atom stereocenters. The average Bonchev–Trinajstić information content (AvgIpc) is 2.89. The largest absolute Gasteiger partial charge is 0.468 e. The van der Waals surface area contributed by atoms with Gasteiger partial charge in [0.15, 0.2) is 10.8 Å². The fourth-order valence-corrected chi connectivity index (χ4v) is 2.95. The maximum absolute atomic E-state index is 11.5. The van der Waals surface area contributed by atoms with Crippen molar-refractivity contribution in [3.8, 4) is 0 Å². The number of carbonyl (C=O) groups is 1. The molecular weight excluding hydrogens is 274 g/mol. The molecule has 0 radical (unpaired) electrons. The summed E-state index contributed by atoms with van der Waals surface area (Å²) in [5, 5.41) is 9.78. The molecule has 3 rings (SSSR count). The Kier molecular flexibility index (Phi) is 3.31. The van der Waals surface area contributed by atoms with Crippen molar-refractivity contribution >= 4 is 34.3 Å². The lowest BCUT2D eigenvalue weighted by Gasteiger charge is -2.08. The van der Waals surface area contributed by atoms with E-state index in [1.807, 2.05) is 40.8 Å². The Bertz CT molecular complexity index is 784. The van der Waals surface area contributed by atoms with Crippen LogP contribution in [-0.4, -0.2) is 32.9 Å². The number of esters is 1. The fourth-order valence-electron chi connectivity index (χ4n) is 2.06. The van der Waals surface area contributed by atoms with Crippen molar-refractivity contribution in [1.82, 2.24) is 14.6 Å². The van der Waals surface area contributed by atoms with E-state index in [2.05, 4.69) is 10.2 Å². The molecule has 2 heterocycles. The summed E-state index contributed by atoms with van der Waals surface area (Å²) in [6.45, 7) is 1.79. The van der Waals surface area contributed by atoms with E-state index in [4.69, 9.17) is 4.74 Å². The van der Waals surface area contributed by atoms with E-state index in [0.717, 1.165) is 16.6 Å². The van der Waals surface area contributed by atoms with Crippen LogP contribution in [0.1, 0.15) is 6.92 Å². The van der Waals surface area contributed by atoms with Gasteiger partial charge < -0.3 is 4.74 Å². The molecule has 0 aliphatic heterocycles. The Morgan fingerprint density at radius 3 is 2.85 bits per heavy atom. The van der Waals surface area contributed by atoms with Gasteiger partial charge in [-0.1, -0.05) is 30.0 Å². The molecule has 0 spiro atoms. The van der Waals surface area contributed by atoms with Gasteiger partial charge >= 0.3 is 5.97 Å². The Hall–Kier alpha value is -2.08. The summed E-state index contributed by atoms with van der Waals surface area (Å²) in [5.41, 5.74) is 1.79. The number of aromatic nitrogens is 3. The van der Waals surface area contributed by atoms with Gasteiger partial charge in [0.25, 0.3) is 0 Å². The number of nitrogens with zero attached hydrogens (tertiary/aromatic N) is 3. The molecule has 0 N–H and O–H groups in total. The smallest absolute Gasteiger partial charge is 0.318 e. The first kappa shape index (κ1) is 12.9. The molecule has 2 aromatic heterocycles. The van der Waals surface area contributed by atoms with E-state index in [1.54, 1.807) is 6.92 Å². The highest BCUT2D eigenvalue weighted by Crippen LogP contribution is 2.26. The lowest BCUT2D eigenvalue weighted by Crippen LogP contribution is -2.15. The molecule has 0 aliphatic rings. The van der Waals surface area contributed by atoms with Crippen molar-refractivity contribution < 1.29 is 9.53 Å². The normalized spacial score (nSPS) is 12.7. The van der Waals surface area contributed by atoms with Crippen molar-refractivity contribution in [3.05, 3.63) is 36.4 Å². The Labute approximate surface area is 119 Å². The van der Waals surface area contributed by atoms with Crippen LogP contribution < -0.4 is 0 Å². The van der Waals surface area contributed by atoms with E-state index in [-0.39, 0.29) is 11.2 Å². The summed E-state index contributed by atoms with van der Waals surface area (Å²) in [6, 6.07) is 11.9. The van der Waals surface area contributed by atoms with Crippen molar-refractivity contribution in [2.24, 2.45) is 0 Å². The van der Waals surface area contributed by atoms with E-state index >= 15 is 0 Å². The minimum absolute atomic E-state index is 0.271. The standard InChI is InChI=1S/C14H13N3O2S/c1-9(13(18)19-2)20-14-16-15-12-8-7-10-5-3-4-6-11(10)17(12)14/h3-9H,1-2H3. The Balaban J connectivity index is 2.12. The Morgan fingerprint density at radius 2 is 2.05 bits per heavy atom. The first-order valence-corrected chi connectivity index (χ1v) is 7.06. The first-order chi connectivity index (χ1) is 9.70. The lowest BCUT2D eigenvalue weighted by atomic mass is 10.2. The van der Waals surface area contributed by atoms with Gasteiger partial charge in [-0.15, -0.1) is 10.2 Å². The van der Waals surface area contributed by atoms with Crippen LogP contribution in [-0.2, 0) is 9.53 Å². The molecular formula is C14H13N3O2S. The van der Waals surface area contributed by atoms with Gasteiger partial charge in [-0.05, 0) is 30.5 Å². The number of ether oxygens (including phenoxy) is 1. The maximum atomic E-state index is 11.5. The third-order valence-corrected chi connectivity index (χ3v) is 4.08. The van der Waals surface area contributed by atoms with Gasteiger partial charge in [-0.3, -0.25) is 9.20 Å². The molecule has 6 heteroatoms. The molecule has 0 amide bonds. The fraction of sp³-hybridized carbons (Fsp3) is 0.214. The zero-order valence-corrected chi connectivity index (χ0v) is 11.9. The number of thioether (sulfide) groups is 1. The van der Waals surface area contributed by atoms with Crippen molar-refractivity contribution in [1.29, 1.82) is 0 Å². The predicted octanol–water partition coefficient (Wildman–Crippen LogP) is 2.54. The van der Waals surface area contributed by atoms with Crippen molar-refractivity contribution in [2.45, 2.75) is 17.3 Å². The number of benzene rings is 1. The zero-order chi connectivity index (χ0) is 14.1. The number of hydrogen-bond donors (Lipinski definition) is 0. The van der Waals surface area contributed by atoms with Crippen LogP contribution in [0, 0.1) is 0 Å². The molecule has 1 aromatic carbocycles. The number of fused-ring (bicyclic) bond motifs is 3. The van der Waals surface area contributed by atoms with Crippen LogP contribution in [0.15, 0.2) is 41.6 Å². The second kappa shape index (κ2) is 5.13. The SMILES string of the molecule is COC(=O)C(C)Sc1nnc2ccc3ccccc3n12. The highest BCUT2D eigenvalue weighted by atomic mass is 32.2. The summed E-state index contributed by atoms with van der Waals surface area (Å²) in [5.74, 6) is -0.271. The highest BCUT2D eigenvalue weighted by molar-refractivity contribution is 8.00. The summed E-state index contributed by atoms with van der Waals surface area (Å²) in [4.78, 5) is 11.5. The van der Waals surface area contributed by atoms with Gasteiger partial charge in [-0.2, -0.15) is 0 Å². The van der Waals surface area contributed by atoms with E-state index < -0.39 is 0 Å². The number of rotatable bonds is 3. The van der Waals surface area contributed by atoms with Crippen molar-refractivity contribution in [2.75, 3.05) is 7.11 Å². The number of hydrogen-bond acceptors (Lipinski definition) is 5. The zero-order valence-electron chi connectivity index (χ0n) is 11.1. The second-order valence-electron chi connectivity index (χ2n) is 4.35. The summed E-state index contributed by atoms with van der Waals surface area (Å²) < 4.78 is 6.70. The topological polar surface area (TPSA) is 56.5 Å². The van der Waals surface area contributed by atoms with Crippen LogP contribution in [0.25, 0.3) is 16.6 Å².